The van der Waals surface area contributed by atoms with Gasteiger partial charge in [0.05, 0.1) is 12.5 Å². The zero-order valence-corrected chi connectivity index (χ0v) is 15.9. The van der Waals surface area contributed by atoms with Crippen molar-refractivity contribution in [3.05, 3.63) is 35.9 Å². The summed E-state index contributed by atoms with van der Waals surface area (Å²) in [4.78, 5) is 27.4. The molecule has 4 nitrogen and oxygen atoms in total. The van der Waals surface area contributed by atoms with E-state index in [2.05, 4.69) is 0 Å². The smallest absolute Gasteiger partial charge is 0.309 e. The van der Waals surface area contributed by atoms with Crippen LogP contribution in [-0.2, 0) is 20.7 Å². The average Bonchev–Trinajstić information content (AvgIpc) is 3.10. The highest BCUT2D eigenvalue weighted by atomic mass is 16.5. The minimum absolute atomic E-state index is 0.119. The summed E-state index contributed by atoms with van der Waals surface area (Å²) in [5, 5.41) is 0. The van der Waals surface area contributed by atoms with Crippen molar-refractivity contribution in [1.29, 1.82) is 0 Å². The summed E-state index contributed by atoms with van der Waals surface area (Å²) < 4.78 is 5.37. The van der Waals surface area contributed by atoms with Crippen LogP contribution >= 0.6 is 0 Å². The third-order valence-corrected chi connectivity index (χ3v) is 5.86. The van der Waals surface area contributed by atoms with Gasteiger partial charge in [-0.25, -0.2) is 0 Å². The molecule has 3 rings (SSSR count). The Labute approximate surface area is 156 Å². The van der Waals surface area contributed by atoms with Crippen molar-refractivity contribution in [2.45, 2.75) is 51.9 Å². The molecule has 2 aliphatic rings. The lowest BCUT2D eigenvalue weighted by atomic mass is 9.82. The highest BCUT2D eigenvalue weighted by molar-refractivity contribution is 5.83. The van der Waals surface area contributed by atoms with E-state index in [4.69, 9.17) is 4.74 Å². The van der Waals surface area contributed by atoms with Gasteiger partial charge in [-0.05, 0) is 43.1 Å². The number of hydrogen-bond donors (Lipinski definition) is 0. The first-order chi connectivity index (χ1) is 12.7. The fraction of sp³-hybridized carbons (Fsp3) is 0.636. The number of carbonyl (C=O) groups excluding carboxylic acids is 2. The Kier molecular flexibility index (Phi) is 6.70. The van der Waals surface area contributed by atoms with E-state index in [9.17, 15) is 9.59 Å². The Bertz CT molecular complexity index is 587. The Morgan fingerprint density at radius 3 is 2.38 bits per heavy atom. The standard InChI is InChI=1S/C22H31NO3/c1-2-12-26-22(25)20(13-17-8-4-3-5-9-17)14-21(24)23-15-18-10-6-7-11-19(18)16-23/h3-5,8-9,18-20H,2,6-7,10-16H2,1H3. The van der Waals surface area contributed by atoms with Crippen molar-refractivity contribution >= 4 is 11.9 Å². The van der Waals surface area contributed by atoms with Crippen LogP contribution in [0.15, 0.2) is 30.3 Å². The average molecular weight is 357 g/mol. The van der Waals surface area contributed by atoms with Gasteiger partial charge in [-0.15, -0.1) is 0 Å². The molecule has 1 heterocycles. The number of fused-ring (bicyclic) bond motifs is 1. The first-order valence-corrected chi connectivity index (χ1v) is 10.2. The predicted molar refractivity (Wildman–Crippen MR) is 102 cm³/mol. The molecule has 1 aliphatic carbocycles. The van der Waals surface area contributed by atoms with Crippen LogP contribution in [0.5, 0.6) is 0 Å². The molecule has 1 amide bonds. The van der Waals surface area contributed by atoms with E-state index in [0.717, 1.165) is 25.1 Å². The van der Waals surface area contributed by atoms with E-state index in [0.29, 0.717) is 24.9 Å². The van der Waals surface area contributed by atoms with Gasteiger partial charge in [0.25, 0.3) is 0 Å². The highest BCUT2D eigenvalue weighted by Crippen LogP contribution is 2.36. The Balaban J connectivity index is 1.62. The lowest BCUT2D eigenvalue weighted by Gasteiger charge is -2.22. The molecule has 0 aromatic heterocycles. The second-order valence-electron chi connectivity index (χ2n) is 7.86. The second kappa shape index (κ2) is 9.20. The lowest BCUT2D eigenvalue weighted by Crippen LogP contribution is -2.33. The molecule has 1 aromatic carbocycles. The Morgan fingerprint density at radius 2 is 1.77 bits per heavy atom. The molecule has 0 radical (unpaired) electrons. The fourth-order valence-electron chi connectivity index (χ4n) is 4.41. The quantitative estimate of drug-likeness (QED) is 0.697. The predicted octanol–water partition coefficient (Wildman–Crippen LogP) is 3.84. The Morgan fingerprint density at radius 1 is 1.12 bits per heavy atom. The zero-order valence-electron chi connectivity index (χ0n) is 15.9. The monoisotopic (exact) mass is 357 g/mol. The summed E-state index contributed by atoms with van der Waals surface area (Å²) in [6.45, 7) is 4.17. The van der Waals surface area contributed by atoms with Crippen LogP contribution in [0, 0.1) is 17.8 Å². The van der Waals surface area contributed by atoms with Gasteiger partial charge in [0.1, 0.15) is 0 Å². The van der Waals surface area contributed by atoms with Crippen LogP contribution < -0.4 is 0 Å². The van der Waals surface area contributed by atoms with Crippen LogP contribution in [0.1, 0.15) is 51.0 Å². The summed E-state index contributed by atoms with van der Waals surface area (Å²) in [5.41, 5.74) is 1.08. The van der Waals surface area contributed by atoms with Gasteiger partial charge in [-0.1, -0.05) is 50.1 Å². The maximum Gasteiger partial charge on any atom is 0.309 e. The molecular formula is C22H31NO3. The third kappa shape index (κ3) is 4.87. The molecule has 4 heteroatoms. The number of ether oxygens (including phenoxy) is 1. The van der Waals surface area contributed by atoms with Gasteiger partial charge >= 0.3 is 5.97 Å². The highest BCUT2D eigenvalue weighted by Gasteiger charge is 2.37. The molecule has 0 spiro atoms. The molecule has 142 valence electrons. The van der Waals surface area contributed by atoms with Gasteiger partial charge in [-0.3, -0.25) is 9.59 Å². The lowest BCUT2D eigenvalue weighted by molar-refractivity contribution is -0.151. The van der Waals surface area contributed by atoms with Crippen molar-refractivity contribution in [1.82, 2.24) is 4.90 Å². The number of carbonyl (C=O) groups is 2. The summed E-state index contributed by atoms with van der Waals surface area (Å²) >= 11 is 0. The van der Waals surface area contributed by atoms with E-state index in [1.165, 1.54) is 25.7 Å². The third-order valence-electron chi connectivity index (χ3n) is 5.86. The zero-order chi connectivity index (χ0) is 18.4. The number of rotatable bonds is 7. The van der Waals surface area contributed by atoms with Crippen LogP contribution in [0.25, 0.3) is 0 Å². The Hall–Kier alpha value is -1.84. The van der Waals surface area contributed by atoms with Gasteiger partial charge in [0.15, 0.2) is 0 Å². The molecule has 26 heavy (non-hydrogen) atoms. The number of esters is 1. The van der Waals surface area contributed by atoms with Crippen LogP contribution in [0.4, 0.5) is 0 Å². The fourth-order valence-corrected chi connectivity index (χ4v) is 4.41. The van der Waals surface area contributed by atoms with Gasteiger partial charge < -0.3 is 9.64 Å². The number of nitrogens with zero attached hydrogens (tertiary/aromatic N) is 1. The van der Waals surface area contributed by atoms with E-state index in [1.807, 2.05) is 42.2 Å². The molecule has 3 atom stereocenters. The molecule has 1 aliphatic heterocycles. The summed E-state index contributed by atoms with van der Waals surface area (Å²) in [6.07, 6.45) is 6.72. The van der Waals surface area contributed by atoms with Crippen molar-refractivity contribution in [2.75, 3.05) is 19.7 Å². The summed E-state index contributed by atoms with van der Waals surface area (Å²) in [7, 11) is 0. The first kappa shape index (κ1) is 18.9. The van der Waals surface area contributed by atoms with Crippen LogP contribution in [-0.4, -0.2) is 36.5 Å². The normalized spacial score (nSPS) is 23.3. The minimum atomic E-state index is -0.390. The van der Waals surface area contributed by atoms with E-state index < -0.39 is 0 Å². The molecular weight excluding hydrogens is 326 g/mol. The van der Waals surface area contributed by atoms with Crippen molar-refractivity contribution in [2.24, 2.45) is 17.8 Å². The van der Waals surface area contributed by atoms with Crippen molar-refractivity contribution < 1.29 is 14.3 Å². The molecule has 1 saturated heterocycles. The maximum absolute atomic E-state index is 12.9. The summed E-state index contributed by atoms with van der Waals surface area (Å²) in [5.74, 6) is 0.841. The van der Waals surface area contributed by atoms with E-state index in [1.54, 1.807) is 0 Å². The number of likely N-dealkylation sites (tertiary alicyclic amines) is 1. The van der Waals surface area contributed by atoms with Crippen LogP contribution in [0.2, 0.25) is 0 Å². The first-order valence-electron chi connectivity index (χ1n) is 10.2. The molecule has 0 N–H and O–H groups in total. The number of benzene rings is 1. The molecule has 2 fully saturated rings. The van der Waals surface area contributed by atoms with Gasteiger partial charge in [0, 0.05) is 19.5 Å². The SMILES string of the molecule is CCCOC(=O)C(CC(=O)N1CC2CCCCC2C1)Cc1ccccc1. The largest absolute Gasteiger partial charge is 0.465 e. The van der Waals surface area contributed by atoms with Crippen LogP contribution in [0.3, 0.4) is 0 Å². The number of amides is 1. The van der Waals surface area contributed by atoms with Crippen molar-refractivity contribution in [3.63, 3.8) is 0 Å². The maximum atomic E-state index is 12.9. The number of hydrogen-bond acceptors (Lipinski definition) is 3. The minimum Gasteiger partial charge on any atom is -0.465 e. The second-order valence-corrected chi connectivity index (χ2v) is 7.86. The van der Waals surface area contributed by atoms with E-state index >= 15 is 0 Å². The molecule has 1 saturated carbocycles. The topological polar surface area (TPSA) is 46.6 Å². The van der Waals surface area contributed by atoms with E-state index in [-0.39, 0.29) is 24.2 Å². The van der Waals surface area contributed by atoms with Gasteiger partial charge in [-0.2, -0.15) is 0 Å². The molecule has 3 unspecified atom stereocenters. The summed E-state index contributed by atoms with van der Waals surface area (Å²) in [6, 6.07) is 9.92. The molecule has 1 aromatic rings. The van der Waals surface area contributed by atoms with Gasteiger partial charge in [0.2, 0.25) is 5.91 Å². The van der Waals surface area contributed by atoms with Crippen molar-refractivity contribution in [3.8, 4) is 0 Å². The molecule has 0 bridgehead atoms.